The predicted octanol–water partition coefficient (Wildman–Crippen LogP) is 4.50. The average molecular weight is 469 g/mol. The number of hydrogen-bond donors (Lipinski definition) is 0. The number of nitrogens with zero attached hydrogens (tertiary/aromatic N) is 2. The number of ketones is 1. The van der Waals surface area contributed by atoms with Crippen molar-refractivity contribution in [2.75, 3.05) is 33.5 Å². The Morgan fingerprint density at radius 2 is 1.85 bits per heavy atom. The van der Waals surface area contributed by atoms with E-state index in [2.05, 4.69) is 11.9 Å². The van der Waals surface area contributed by atoms with Crippen molar-refractivity contribution in [2.45, 2.75) is 54.9 Å². The van der Waals surface area contributed by atoms with Crippen molar-refractivity contribution in [1.29, 1.82) is 0 Å². The zero-order valence-electron chi connectivity index (χ0n) is 19.6. The Bertz CT molecular complexity index is 1200. The molecule has 1 heterocycles. The molecular formula is C26H32N2O4S. The molecule has 0 amide bonds. The molecule has 7 heteroatoms. The number of hydrogen-bond acceptors (Lipinski definition) is 6. The number of Topliss-reactive ketones (excluding diaryl/α,β-unsaturated/α-hetero) is 1. The monoisotopic (exact) mass is 468 g/mol. The van der Waals surface area contributed by atoms with Crippen LogP contribution in [0.1, 0.15) is 43.2 Å². The van der Waals surface area contributed by atoms with Crippen LogP contribution in [-0.2, 0) is 26.4 Å². The lowest BCUT2D eigenvalue weighted by molar-refractivity contribution is -0.125. The summed E-state index contributed by atoms with van der Waals surface area (Å²) in [5.41, 5.74) is 2.26. The van der Waals surface area contributed by atoms with Crippen molar-refractivity contribution in [1.82, 2.24) is 4.90 Å². The van der Waals surface area contributed by atoms with Crippen molar-refractivity contribution < 1.29 is 18.5 Å². The summed E-state index contributed by atoms with van der Waals surface area (Å²) >= 11 is 0. The van der Waals surface area contributed by atoms with Crippen LogP contribution in [0, 0.1) is 0 Å². The number of carbonyl (C=O) groups is 1. The van der Waals surface area contributed by atoms with Gasteiger partial charge >= 0.3 is 0 Å². The van der Waals surface area contributed by atoms with E-state index in [-0.39, 0.29) is 11.9 Å². The zero-order chi connectivity index (χ0) is 23.2. The van der Waals surface area contributed by atoms with Crippen LogP contribution in [0.25, 0.3) is 0 Å². The van der Waals surface area contributed by atoms with E-state index in [1.807, 2.05) is 24.3 Å². The third kappa shape index (κ3) is 3.95. The van der Waals surface area contributed by atoms with Gasteiger partial charge in [0.05, 0.1) is 32.8 Å². The summed E-state index contributed by atoms with van der Waals surface area (Å²) in [5, 5.41) is 0. The Morgan fingerprint density at radius 3 is 2.52 bits per heavy atom. The van der Waals surface area contributed by atoms with Gasteiger partial charge in [-0.25, -0.2) is 4.21 Å². The third-order valence-electron chi connectivity index (χ3n) is 7.50. The first kappa shape index (κ1) is 22.4. The summed E-state index contributed by atoms with van der Waals surface area (Å²) in [4.78, 5) is 15.9. The lowest BCUT2D eigenvalue weighted by Gasteiger charge is -2.37. The Labute approximate surface area is 196 Å². The Kier molecular flexibility index (Phi) is 5.73. The minimum atomic E-state index is -2.77. The van der Waals surface area contributed by atoms with E-state index in [0.29, 0.717) is 22.8 Å². The first-order valence-corrected chi connectivity index (χ1v) is 13.7. The molecule has 3 aliphatic rings. The topological polar surface area (TPSA) is 68.2 Å². The van der Waals surface area contributed by atoms with E-state index in [4.69, 9.17) is 13.8 Å². The van der Waals surface area contributed by atoms with E-state index >= 15 is 0 Å². The molecule has 2 aromatic rings. The molecule has 2 aliphatic carbocycles. The van der Waals surface area contributed by atoms with Gasteiger partial charge in [-0.05, 0) is 56.5 Å². The molecule has 2 aromatic carbocycles. The van der Waals surface area contributed by atoms with Crippen LogP contribution in [0.15, 0.2) is 45.7 Å². The summed E-state index contributed by atoms with van der Waals surface area (Å²) in [5.74, 6) is 1.59. The van der Waals surface area contributed by atoms with Crippen LogP contribution in [0.4, 0.5) is 5.69 Å². The molecule has 1 atom stereocenters. The molecule has 33 heavy (non-hydrogen) atoms. The molecule has 1 saturated heterocycles. The van der Waals surface area contributed by atoms with Gasteiger partial charge in [0.25, 0.3) is 0 Å². The molecule has 5 rings (SSSR count). The average Bonchev–Trinajstić information content (AvgIpc) is 3.07. The Balaban J connectivity index is 1.59. The van der Waals surface area contributed by atoms with E-state index in [1.165, 1.54) is 0 Å². The molecule has 2 fully saturated rings. The van der Waals surface area contributed by atoms with Crippen LogP contribution in [-0.4, -0.2) is 54.5 Å². The van der Waals surface area contributed by atoms with Crippen LogP contribution >= 0.6 is 0 Å². The van der Waals surface area contributed by atoms with E-state index < -0.39 is 15.1 Å². The molecular weight excluding hydrogens is 436 g/mol. The summed E-state index contributed by atoms with van der Waals surface area (Å²) in [6.45, 7) is 1.99. The quantitative estimate of drug-likeness (QED) is 0.646. The molecule has 0 bridgehead atoms. The number of fused-ring (bicyclic) bond motifs is 2. The van der Waals surface area contributed by atoms with Gasteiger partial charge in [-0.3, -0.25) is 4.79 Å². The molecule has 1 unspecified atom stereocenters. The lowest BCUT2D eigenvalue weighted by atomic mass is 9.64. The first-order chi connectivity index (χ1) is 15.8. The zero-order valence-corrected chi connectivity index (χ0v) is 20.5. The highest BCUT2D eigenvalue weighted by molar-refractivity contribution is 7.93. The summed E-state index contributed by atoms with van der Waals surface area (Å²) in [6, 6.07) is 11.2. The second kappa shape index (κ2) is 8.44. The summed E-state index contributed by atoms with van der Waals surface area (Å²) in [6.07, 6.45) is 6.91. The van der Waals surface area contributed by atoms with Crippen molar-refractivity contribution in [3.8, 4) is 11.5 Å². The van der Waals surface area contributed by atoms with Gasteiger partial charge in [-0.1, -0.05) is 18.6 Å². The summed E-state index contributed by atoms with van der Waals surface area (Å²) < 4.78 is 30.4. The predicted molar refractivity (Wildman–Crippen MR) is 129 cm³/mol. The second-order valence-corrected chi connectivity index (χ2v) is 11.9. The highest BCUT2D eigenvalue weighted by atomic mass is 32.2. The van der Waals surface area contributed by atoms with Crippen molar-refractivity contribution >= 4 is 21.2 Å². The van der Waals surface area contributed by atoms with Gasteiger partial charge in [0.2, 0.25) is 0 Å². The molecule has 0 N–H and O–H groups in total. The number of benzene rings is 2. The summed E-state index contributed by atoms with van der Waals surface area (Å²) in [7, 11) is 0.933. The molecule has 176 valence electrons. The highest BCUT2D eigenvalue weighted by Gasteiger charge is 2.51. The van der Waals surface area contributed by atoms with E-state index in [9.17, 15) is 9.00 Å². The van der Waals surface area contributed by atoms with E-state index in [0.717, 1.165) is 62.1 Å². The molecule has 1 aliphatic heterocycles. The van der Waals surface area contributed by atoms with Gasteiger partial charge in [0.1, 0.15) is 23.4 Å². The normalized spacial score (nSPS) is 21.8. The largest absolute Gasteiger partial charge is 0.495 e. The second-order valence-electron chi connectivity index (χ2n) is 9.67. The number of para-hydroxylation sites is 1. The third-order valence-corrected chi connectivity index (χ3v) is 9.22. The molecule has 0 aromatic heterocycles. The van der Waals surface area contributed by atoms with Crippen molar-refractivity contribution in [3.63, 3.8) is 0 Å². The van der Waals surface area contributed by atoms with Crippen molar-refractivity contribution in [3.05, 3.63) is 47.5 Å². The molecule has 1 spiro atoms. The number of ether oxygens (including phenoxy) is 2. The highest BCUT2D eigenvalue weighted by Crippen LogP contribution is 2.53. The lowest BCUT2D eigenvalue weighted by Crippen LogP contribution is -2.39. The number of likely N-dealkylation sites (tertiary alicyclic amines) is 1. The standard InChI is InChI=1S/C26H32N2O4S/c1-28-13-9-19(10-14-28)32-23-16-18(15-21-20(23)17-25(29)26(21)11-6-12-26)27-33(3,30)24-8-5-4-7-22(24)31-2/h4-5,7-8,15-16,19H,6,9-14,17H2,1-3H3. The first-order valence-electron chi connectivity index (χ1n) is 11.7. The van der Waals surface area contributed by atoms with Gasteiger partial charge in [0, 0.05) is 37.4 Å². The maximum Gasteiger partial charge on any atom is 0.147 e. The maximum atomic E-state index is 13.7. The van der Waals surface area contributed by atoms with Gasteiger partial charge in [-0.15, -0.1) is 0 Å². The van der Waals surface area contributed by atoms with Crippen LogP contribution in [0.3, 0.4) is 0 Å². The van der Waals surface area contributed by atoms with Crippen LogP contribution < -0.4 is 9.47 Å². The fourth-order valence-corrected chi connectivity index (χ4v) is 6.88. The fraction of sp³-hybridized carbons (Fsp3) is 0.500. The van der Waals surface area contributed by atoms with Gasteiger partial charge in [-0.2, -0.15) is 4.36 Å². The number of methoxy groups -OCH3 is 1. The van der Waals surface area contributed by atoms with Crippen LogP contribution in [0.5, 0.6) is 11.5 Å². The Hall–Kier alpha value is -2.38. The van der Waals surface area contributed by atoms with E-state index in [1.54, 1.807) is 25.5 Å². The number of rotatable bonds is 5. The van der Waals surface area contributed by atoms with Crippen molar-refractivity contribution in [2.24, 2.45) is 4.36 Å². The smallest absolute Gasteiger partial charge is 0.147 e. The fourth-order valence-electron chi connectivity index (χ4n) is 5.42. The molecule has 0 radical (unpaired) electrons. The number of piperidine rings is 1. The maximum absolute atomic E-state index is 13.7. The van der Waals surface area contributed by atoms with Gasteiger partial charge < -0.3 is 14.4 Å². The van der Waals surface area contributed by atoms with Crippen LogP contribution in [0.2, 0.25) is 0 Å². The molecule has 1 saturated carbocycles. The minimum absolute atomic E-state index is 0.119. The number of carbonyl (C=O) groups excluding carboxylic acids is 1. The SMILES string of the molecule is COc1ccccc1S(C)(=O)=Nc1cc(OC2CCN(C)CC2)c2c(c1)C1(CCC1)C(=O)C2. The minimum Gasteiger partial charge on any atom is -0.495 e. The van der Waals surface area contributed by atoms with Gasteiger partial charge in [0.15, 0.2) is 0 Å². The Morgan fingerprint density at radius 1 is 1.12 bits per heavy atom. The molecule has 6 nitrogen and oxygen atoms in total.